The number of para-hydroxylation sites is 1. The summed E-state index contributed by atoms with van der Waals surface area (Å²) in [5.74, 6) is 0.826. The lowest BCUT2D eigenvalue weighted by Gasteiger charge is -2.21. The molecule has 0 fully saturated rings. The normalized spacial score (nSPS) is 16.1. The van der Waals surface area contributed by atoms with Gasteiger partial charge in [0.2, 0.25) is 5.96 Å². The topological polar surface area (TPSA) is 64.9 Å². The van der Waals surface area contributed by atoms with Crippen LogP contribution in [0.5, 0.6) is 0 Å². The maximum absolute atomic E-state index is 6.25. The van der Waals surface area contributed by atoms with Crippen LogP contribution in [-0.4, -0.2) is 41.3 Å². The Labute approximate surface area is 296 Å². The largest absolute Gasteiger partial charge is 0.384 e. The second-order valence-electron chi connectivity index (χ2n) is 12.2. The van der Waals surface area contributed by atoms with Crippen LogP contribution in [0.2, 0.25) is 10.0 Å². The minimum absolute atomic E-state index is 0.0882. The number of pyridine rings is 1. The first-order chi connectivity index (χ1) is 23.6. The maximum Gasteiger partial charge on any atom is 0.225 e. The fourth-order valence-electron chi connectivity index (χ4n) is 6.45. The zero-order chi connectivity index (χ0) is 32.7. The first-order valence-corrected chi connectivity index (χ1v) is 18.2. The third-order valence-electron chi connectivity index (χ3n) is 8.89. The summed E-state index contributed by atoms with van der Waals surface area (Å²) in [6, 6.07) is 34.8. The van der Waals surface area contributed by atoms with Crippen LogP contribution in [0.25, 0.3) is 10.9 Å². The summed E-state index contributed by atoms with van der Waals surface area (Å²) >= 11 is 13.9. The Bertz CT molecular complexity index is 1910. The summed E-state index contributed by atoms with van der Waals surface area (Å²) < 4.78 is 3.52. The zero-order valence-electron chi connectivity index (χ0n) is 26.7. The second kappa shape index (κ2) is 15.5. The molecule has 0 bridgehead atoms. The Morgan fingerprint density at radius 2 is 1.56 bits per heavy atom. The van der Waals surface area contributed by atoms with E-state index in [4.69, 9.17) is 38.3 Å². The van der Waals surface area contributed by atoms with Crippen molar-refractivity contribution in [3.8, 4) is 0 Å². The number of rotatable bonds is 10. The van der Waals surface area contributed by atoms with E-state index in [1.807, 2.05) is 59.6 Å². The Morgan fingerprint density at radius 3 is 2.38 bits per heavy atom. The quantitative estimate of drug-likeness (QED) is 0.0660. The van der Waals surface area contributed by atoms with Crippen molar-refractivity contribution in [2.75, 3.05) is 25.0 Å². The molecule has 4 aromatic carbocycles. The highest BCUT2D eigenvalue weighted by molar-refractivity contribution is 7.98. The van der Waals surface area contributed by atoms with E-state index in [1.165, 1.54) is 52.7 Å². The molecule has 0 saturated carbocycles. The van der Waals surface area contributed by atoms with Gasteiger partial charge in [0.1, 0.15) is 0 Å². The first-order valence-electron chi connectivity index (χ1n) is 16.7. The number of fused-ring (bicyclic) bond motifs is 2. The van der Waals surface area contributed by atoms with E-state index in [-0.39, 0.29) is 5.92 Å². The number of hydrogen-bond acceptors (Lipinski definition) is 5. The minimum Gasteiger partial charge on any atom is -0.384 e. The maximum atomic E-state index is 6.25. The molecule has 7 rings (SSSR count). The molecule has 0 saturated heterocycles. The van der Waals surface area contributed by atoms with Gasteiger partial charge in [-0.15, -0.1) is 0 Å². The SMILES string of the molecule is Clc1ccc(SNC(=NCCCCNc2c3c(nc4ccccc24)CCCC3)N2CC(c3ccccc3)C(c3ccc(Cl)cc3)=N2)cc1. The van der Waals surface area contributed by atoms with Crippen molar-refractivity contribution < 1.29 is 0 Å². The molecule has 9 heteroatoms. The van der Waals surface area contributed by atoms with Crippen molar-refractivity contribution in [1.29, 1.82) is 0 Å². The van der Waals surface area contributed by atoms with Gasteiger partial charge in [-0.1, -0.05) is 83.9 Å². The summed E-state index contributed by atoms with van der Waals surface area (Å²) in [5, 5.41) is 13.6. The number of aromatic nitrogens is 1. The number of nitrogens with zero attached hydrogens (tertiary/aromatic N) is 4. The summed E-state index contributed by atoms with van der Waals surface area (Å²) in [6.07, 6.45) is 6.55. The Hall–Kier alpha value is -4.04. The number of aliphatic imine (C=N–C) groups is 1. The monoisotopic (exact) mass is 692 g/mol. The first kappa shape index (κ1) is 32.5. The molecule has 0 spiro atoms. The summed E-state index contributed by atoms with van der Waals surface area (Å²) in [4.78, 5) is 11.1. The molecule has 2 N–H and O–H groups in total. The summed E-state index contributed by atoms with van der Waals surface area (Å²) in [7, 11) is 0. The molecule has 48 heavy (non-hydrogen) atoms. The average Bonchev–Trinajstić information content (AvgIpc) is 3.57. The van der Waals surface area contributed by atoms with E-state index in [0.29, 0.717) is 23.1 Å². The lowest BCUT2D eigenvalue weighted by atomic mass is 9.91. The fraction of sp³-hybridized carbons (Fsp3) is 0.256. The predicted octanol–water partition coefficient (Wildman–Crippen LogP) is 9.77. The molecule has 0 amide bonds. The van der Waals surface area contributed by atoms with Gasteiger partial charge in [0.05, 0.1) is 17.8 Å². The van der Waals surface area contributed by atoms with E-state index in [9.17, 15) is 0 Å². The van der Waals surface area contributed by atoms with Crippen molar-refractivity contribution in [3.63, 3.8) is 0 Å². The smallest absolute Gasteiger partial charge is 0.225 e. The van der Waals surface area contributed by atoms with E-state index >= 15 is 0 Å². The van der Waals surface area contributed by atoms with Crippen molar-refractivity contribution in [2.45, 2.75) is 49.3 Å². The number of anilines is 1. The van der Waals surface area contributed by atoms with Crippen LogP contribution < -0.4 is 10.0 Å². The number of aryl methyl sites for hydroxylation is 1. The van der Waals surface area contributed by atoms with E-state index < -0.39 is 0 Å². The molecule has 2 heterocycles. The number of unbranched alkanes of at least 4 members (excludes halogenated alkanes) is 1. The fourth-order valence-corrected chi connectivity index (χ4v) is 7.35. The molecule has 1 atom stereocenters. The molecular weight excluding hydrogens is 655 g/mol. The molecule has 1 aromatic heterocycles. The molecule has 1 unspecified atom stereocenters. The number of halogens is 2. The van der Waals surface area contributed by atoms with Crippen LogP contribution in [0.15, 0.2) is 118 Å². The van der Waals surface area contributed by atoms with E-state index in [2.05, 4.69) is 58.6 Å². The lowest BCUT2D eigenvalue weighted by Crippen LogP contribution is -2.34. The third kappa shape index (κ3) is 7.64. The van der Waals surface area contributed by atoms with Gasteiger partial charge in [0.15, 0.2) is 0 Å². The van der Waals surface area contributed by atoms with Crippen LogP contribution in [0.1, 0.15) is 54.0 Å². The molecule has 244 valence electrons. The second-order valence-corrected chi connectivity index (χ2v) is 13.9. The van der Waals surface area contributed by atoms with Gasteiger partial charge in [-0.2, -0.15) is 5.10 Å². The van der Waals surface area contributed by atoms with Gasteiger partial charge in [0, 0.05) is 50.7 Å². The third-order valence-corrected chi connectivity index (χ3v) is 10.2. The highest BCUT2D eigenvalue weighted by Gasteiger charge is 2.31. The van der Waals surface area contributed by atoms with E-state index in [0.717, 1.165) is 59.9 Å². The Kier molecular flexibility index (Phi) is 10.5. The van der Waals surface area contributed by atoms with Crippen molar-refractivity contribution in [1.82, 2.24) is 14.7 Å². The lowest BCUT2D eigenvalue weighted by molar-refractivity contribution is 0.463. The van der Waals surface area contributed by atoms with Crippen LogP contribution in [0.4, 0.5) is 5.69 Å². The number of guanidine groups is 1. The number of nitrogens with one attached hydrogen (secondary N) is 2. The number of hydrogen-bond donors (Lipinski definition) is 2. The van der Waals surface area contributed by atoms with Gasteiger partial charge in [-0.25, -0.2) is 5.01 Å². The molecule has 0 radical (unpaired) electrons. The molecular formula is C39H38Cl2N6S. The van der Waals surface area contributed by atoms with Crippen molar-refractivity contribution in [3.05, 3.63) is 136 Å². The average molecular weight is 694 g/mol. The van der Waals surface area contributed by atoms with Crippen molar-refractivity contribution in [2.24, 2.45) is 10.1 Å². The number of hydrazone groups is 1. The number of benzene rings is 4. The molecule has 5 aromatic rings. The van der Waals surface area contributed by atoms with Crippen LogP contribution in [0.3, 0.4) is 0 Å². The summed E-state index contributed by atoms with van der Waals surface area (Å²) in [6.45, 7) is 2.24. The van der Waals surface area contributed by atoms with Crippen LogP contribution in [0, 0.1) is 0 Å². The van der Waals surface area contributed by atoms with Gasteiger partial charge >= 0.3 is 0 Å². The van der Waals surface area contributed by atoms with Gasteiger partial charge in [-0.05, 0) is 110 Å². The minimum atomic E-state index is 0.0882. The molecule has 6 nitrogen and oxygen atoms in total. The molecule has 2 aliphatic rings. The summed E-state index contributed by atoms with van der Waals surface area (Å²) in [5.41, 5.74) is 8.29. The predicted molar refractivity (Wildman–Crippen MR) is 203 cm³/mol. The van der Waals surface area contributed by atoms with Gasteiger partial charge in [-0.3, -0.25) is 14.7 Å². The molecule has 1 aliphatic heterocycles. The van der Waals surface area contributed by atoms with Crippen molar-refractivity contribution >= 4 is 63.4 Å². The zero-order valence-corrected chi connectivity index (χ0v) is 29.0. The van der Waals surface area contributed by atoms with Gasteiger partial charge < -0.3 is 5.32 Å². The molecule has 1 aliphatic carbocycles. The highest BCUT2D eigenvalue weighted by Crippen LogP contribution is 2.34. The van der Waals surface area contributed by atoms with Crippen LogP contribution in [-0.2, 0) is 12.8 Å². The Balaban J connectivity index is 1.08. The highest BCUT2D eigenvalue weighted by atomic mass is 35.5. The van der Waals surface area contributed by atoms with E-state index in [1.54, 1.807) is 0 Å². The standard InChI is InChI=1S/C39H38Cl2N6S/c40-29-18-16-28(17-19-29)37-34(27-10-2-1-3-11-27)26-47(45-37)39(46-48-31-22-20-30(41)21-23-31)43-25-9-8-24-42-38-32-12-4-6-14-35(32)44-36-15-7-5-13-33(36)38/h1-4,6,10-12,14,16-23,34H,5,7-9,13,15,24-26H2,(H,42,44)(H,43,46). The van der Waals surface area contributed by atoms with Crippen LogP contribution >= 0.6 is 35.1 Å². The van der Waals surface area contributed by atoms with Gasteiger partial charge in [0.25, 0.3) is 0 Å². The Morgan fingerprint density at radius 1 is 0.833 bits per heavy atom.